The predicted octanol–water partition coefficient (Wildman–Crippen LogP) is 2.24. The summed E-state index contributed by atoms with van der Waals surface area (Å²) in [7, 11) is 5.49. The Hall–Kier alpha value is -2.05. The maximum absolute atomic E-state index is 13.1. The first-order valence-corrected chi connectivity index (χ1v) is 9.09. The van der Waals surface area contributed by atoms with Gasteiger partial charge in [-0.05, 0) is 30.5 Å². The summed E-state index contributed by atoms with van der Waals surface area (Å²) in [6, 6.07) is 8.08. The van der Waals surface area contributed by atoms with Crippen LogP contribution in [0.15, 0.2) is 36.7 Å². The Bertz CT molecular complexity index is 764. The zero-order chi connectivity index (χ0) is 18.7. The lowest BCUT2D eigenvalue weighted by Crippen LogP contribution is -2.42. The molecule has 1 fully saturated rings. The SMILES string of the molecule is COc1ccccc1CC(C)N(C)C(=O)[C@H]1CNC[C@@H]1c1cnn(C)c1.Cl. The molecule has 7 heteroatoms. The van der Waals surface area contributed by atoms with E-state index >= 15 is 0 Å². The molecule has 1 aliphatic rings. The Morgan fingerprint density at radius 2 is 2.15 bits per heavy atom. The molecule has 1 saturated heterocycles. The van der Waals surface area contributed by atoms with Gasteiger partial charge in [-0.1, -0.05) is 18.2 Å². The Morgan fingerprint density at radius 1 is 1.41 bits per heavy atom. The summed E-state index contributed by atoms with van der Waals surface area (Å²) < 4.78 is 7.24. The number of para-hydroxylation sites is 1. The molecule has 0 spiro atoms. The van der Waals surface area contributed by atoms with E-state index in [2.05, 4.69) is 23.4 Å². The molecule has 6 nitrogen and oxygen atoms in total. The fourth-order valence-corrected chi connectivity index (χ4v) is 3.73. The lowest BCUT2D eigenvalue weighted by atomic mass is 9.89. The number of hydrogen-bond donors (Lipinski definition) is 1. The molecule has 3 atom stereocenters. The fraction of sp³-hybridized carbons (Fsp3) is 0.500. The topological polar surface area (TPSA) is 59.4 Å². The quantitative estimate of drug-likeness (QED) is 0.819. The maximum atomic E-state index is 13.1. The van der Waals surface area contributed by atoms with Crippen LogP contribution >= 0.6 is 12.4 Å². The number of rotatable bonds is 6. The maximum Gasteiger partial charge on any atom is 0.227 e. The Kier molecular flexibility index (Phi) is 7.27. The molecule has 148 valence electrons. The van der Waals surface area contributed by atoms with E-state index in [4.69, 9.17) is 4.74 Å². The van der Waals surface area contributed by atoms with Gasteiger partial charge in [0.15, 0.2) is 0 Å². The van der Waals surface area contributed by atoms with Gasteiger partial charge in [-0.25, -0.2) is 0 Å². The molecule has 1 unspecified atom stereocenters. The lowest BCUT2D eigenvalue weighted by Gasteiger charge is -2.29. The number of methoxy groups -OCH3 is 1. The molecule has 0 bridgehead atoms. The van der Waals surface area contributed by atoms with Gasteiger partial charge in [-0.3, -0.25) is 9.48 Å². The van der Waals surface area contributed by atoms with Crippen LogP contribution < -0.4 is 10.1 Å². The summed E-state index contributed by atoms with van der Waals surface area (Å²) in [5.74, 6) is 1.18. The molecule has 1 amide bonds. The van der Waals surface area contributed by atoms with Crippen molar-refractivity contribution in [3.63, 3.8) is 0 Å². The van der Waals surface area contributed by atoms with Crippen LogP contribution in [0.4, 0.5) is 0 Å². The number of halogens is 1. The van der Waals surface area contributed by atoms with Crippen molar-refractivity contribution in [1.29, 1.82) is 0 Å². The molecule has 1 aromatic carbocycles. The number of aromatic nitrogens is 2. The van der Waals surface area contributed by atoms with Crippen molar-refractivity contribution in [2.24, 2.45) is 13.0 Å². The number of aryl methyl sites for hydroxylation is 1. The van der Waals surface area contributed by atoms with Crippen molar-refractivity contribution < 1.29 is 9.53 Å². The van der Waals surface area contributed by atoms with Gasteiger partial charge in [-0.15, -0.1) is 12.4 Å². The van der Waals surface area contributed by atoms with Gasteiger partial charge in [0.05, 0.1) is 19.2 Å². The van der Waals surface area contributed by atoms with Crippen molar-refractivity contribution in [2.75, 3.05) is 27.2 Å². The van der Waals surface area contributed by atoms with Crippen LogP contribution in [-0.4, -0.2) is 53.9 Å². The number of carbonyl (C=O) groups excluding carboxylic acids is 1. The number of amides is 1. The first-order chi connectivity index (χ1) is 12.5. The van der Waals surface area contributed by atoms with E-state index in [1.54, 1.807) is 11.8 Å². The first kappa shape index (κ1) is 21.3. The predicted molar refractivity (Wildman–Crippen MR) is 108 cm³/mol. The van der Waals surface area contributed by atoms with Crippen LogP contribution in [0.25, 0.3) is 0 Å². The van der Waals surface area contributed by atoms with Crippen molar-refractivity contribution in [3.8, 4) is 5.75 Å². The minimum Gasteiger partial charge on any atom is -0.496 e. The fourth-order valence-electron chi connectivity index (χ4n) is 3.73. The summed E-state index contributed by atoms with van der Waals surface area (Å²) in [4.78, 5) is 15.0. The van der Waals surface area contributed by atoms with Gasteiger partial charge in [0.1, 0.15) is 5.75 Å². The van der Waals surface area contributed by atoms with Crippen molar-refractivity contribution in [1.82, 2.24) is 20.0 Å². The van der Waals surface area contributed by atoms with Crippen LogP contribution in [-0.2, 0) is 18.3 Å². The summed E-state index contributed by atoms with van der Waals surface area (Å²) in [6.07, 6.45) is 4.65. The van der Waals surface area contributed by atoms with Gasteiger partial charge in [0.2, 0.25) is 5.91 Å². The van der Waals surface area contributed by atoms with Gasteiger partial charge < -0.3 is 15.0 Å². The average molecular weight is 393 g/mol. The second-order valence-electron chi connectivity index (χ2n) is 7.13. The number of benzene rings is 1. The van der Waals surface area contributed by atoms with Crippen LogP contribution in [0.1, 0.15) is 24.0 Å². The molecule has 1 aliphatic heterocycles. The van der Waals surface area contributed by atoms with Crippen LogP contribution in [0.3, 0.4) is 0 Å². The zero-order valence-corrected chi connectivity index (χ0v) is 17.2. The third-order valence-electron chi connectivity index (χ3n) is 5.40. The second kappa shape index (κ2) is 9.24. The zero-order valence-electron chi connectivity index (χ0n) is 16.4. The molecule has 3 rings (SSSR count). The van der Waals surface area contributed by atoms with Crippen LogP contribution in [0.2, 0.25) is 0 Å². The standard InChI is InChI=1S/C20H28N4O2.ClH/c1-14(9-15-7-5-6-8-19(15)26-4)24(3)20(25)18-12-21-11-17(18)16-10-22-23(2)13-16;/h5-8,10,13-14,17-18,21H,9,11-12H2,1-4H3;1H/t14?,17-,18+;/m1./s1. The average Bonchev–Trinajstić information content (AvgIpc) is 3.29. The summed E-state index contributed by atoms with van der Waals surface area (Å²) in [5.41, 5.74) is 2.25. The molecular weight excluding hydrogens is 364 g/mol. The highest BCUT2D eigenvalue weighted by molar-refractivity contribution is 5.85. The number of carbonyl (C=O) groups is 1. The lowest BCUT2D eigenvalue weighted by molar-refractivity contribution is -0.135. The van der Waals surface area contributed by atoms with Gasteiger partial charge in [0, 0.05) is 45.3 Å². The summed E-state index contributed by atoms with van der Waals surface area (Å²) >= 11 is 0. The third kappa shape index (κ3) is 4.62. The van der Waals surface area contributed by atoms with E-state index in [1.807, 2.05) is 49.6 Å². The van der Waals surface area contributed by atoms with Gasteiger partial charge >= 0.3 is 0 Å². The monoisotopic (exact) mass is 392 g/mol. The Morgan fingerprint density at radius 3 is 2.81 bits per heavy atom. The molecule has 1 N–H and O–H groups in total. The van der Waals surface area contributed by atoms with Gasteiger partial charge in [0.25, 0.3) is 0 Å². The van der Waals surface area contributed by atoms with Crippen LogP contribution in [0.5, 0.6) is 5.75 Å². The van der Waals surface area contributed by atoms with E-state index < -0.39 is 0 Å². The molecule has 27 heavy (non-hydrogen) atoms. The molecule has 1 aromatic heterocycles. The van der Waals surface area contributed by atoms with E-state index in [0.717, 1.165) is 29.8 Å². The molecule has 2 heterocycles. The molecule has 0 radical (unpaired) electrons. The van der Waals surface area contributed by atoms with Crippen molar-refractivity contribution in [2.45, 2.75) is 25.3 Å². The van der Waals surface area contributed by atoms with Gasteiger partial charge in [-0.2, -0.15) is 5.10 Å². The Balaban J connectivity index is 0.00000261. The van der Waals surface area contributed by atoms with E-state index in [1.165, 1.54) is 0 Å². The number of nitrogens with one attached hydrogen (secondary N) is 1. The van der Waals surface area contributed by atoms with Crippen molar-refractivity contribution in [3.05, 3.63) is 47.8 Å². The highest BCUT2D eigenvalue weighted by Crippen LogP contribution is 2.30. The minimum atomic E-state index is -0.0516. The van der Waals surface area contributed by atoms with E-state index in [9.17, 15) is 4.79 Å². The summed E-state index contributed by atoms with van der Waals surface area (Å²) in [6.45, 7) is 3.62. The number of nitrogens with zero attached hydrogens (tertiary/aromatic N) is 3. The largest absolute Gasteiger partial charge is 0.496 e. The van der Waals surface area contributed by atoms with E-state index in [0.29, 0.717) is 6.54 Å². The smallest absolute Gasteiger partial charge is 0.227 e. The molecular formula is C20H29ClN4O2. The molecule has 2 aromatic rings. The molecule has 0 aliphatic carbocycles. The Labute approximate surface area is 167 Å². The molecule has 0 saturated carbocycles. The first-order valence-electron chi connectivity index (χ1n) is 9.09. The third-order valence-corrected chi connectivity index (χ3v) is 5.40. The highest BCUT2D eigenvalue weighted by Gasteiger charge is 2.37. The highest BCUT2D eigenvalue weighted by atomic mass is 35.5. The minimum absolute atomic E-state index is 0. The normalized spacial score (nSPS) is 20.0. The van der Waals surface area contributed by atoms with E-state index in [-0.39, 0.29) is 36.2 Å². The summed E-state index contributed by atoms with van der Waals surface area (Å²) in [5, 5.41) is 7.63. The second-order valence-corrected chi connectivity index (χ2v) is 7.13. The number of likely N-dealkylation sites (N-methyl/N-ethyl adjacent to an activating group) is 1. The number of hydrogen-bond acceptors (Lipinski definition) is 4. The van der Waals surface area contributed by atoms with Crippen LogP contribution in [0, 0.1) is 5.92 Å². The van der Waals surface area contributed by atoms with Crippen molar-refractivity contribution >= 4 is 18.3 Å². The number of ether oxygens (including phenoxy) is 1.